The Kier molecular flexibility index (Phi) is 10.8. The van der Waals surface area contributed by atoms with Gasteiger partial charge in [-0.05, 0) is 55.9 Å². The number of primary sulfonamides is 1. The molecule has 0 spiro atoms. The van der Waals surface area contributed by atoms with Gasteiger partial charge in [0, 0.05) is 32.2 Å². The Hall–Kier alpha value is -2.58. The van der Waals surface area contributed by atoms with Crippen LogP contribution in [0.25, 0.3) is 0 Å². The Morgan fingerprint density at radius 3 is 2.19 bits per heavy atom. The highest BCUT2D eigenvalue weighted by molar-refractivity contribution is 7.89. The fourth-order valence-electron chi connectivity index (χ4n) is 4.98. The maximum atomic E-state index is 13.6. The third-order valence-corrected chi connectivity index (χ3v) is 7.98. The van der Waals surface area contributed by atoms with Gasteiger partial charge in [-0.2, -0.15) is 0 Å². The molecule has 204 valence electrons. The van der Waals surface area contributed by atoms with Crippen molar-refractivity contribution in [3.63, 3.8) is 0 Å². The first kappa shape index (κ1) is 29.0. The molecule has 0 saturated heterocycles. The van der Waals surface area contributed by atoms with Gasteiger partial charge in [0.05, 0.1) is 5.69 Å². The van der Waals surface area contributed by atoms with E-state index in [-0.39, 0.29) is 16.6 Å². The summed E-state index contributed by atoms with van der Waals surface area (Å²) >= 11 is 0. The summed E-state index contributed by atoms with van der Waals surface area (Å²) in [6, 6.07) is 12.2. The summed E-state index contributed by atoms with van der Waals surface area (Å²) in [5.41, 5.74) is 0.905. The van der Waals surface area contributed by atoms with Gasteiger partial charge >= 0.3 is 0 Å². The molecule has 0 radical (unpaired) electrons. The van der Waals surface area contributed by atoms with E-state index in [1.54, 1.807) is 30.1 Å². The van der Waals surface area contributed by atoms with E-state index in [9.17, 15) is 13.2 Å². The van der Waals surface area contributed by atoms with Gasteiger partial charge in [0.2, 0.25) is 10.0 Å². The SMILES string of the molecule is CCCCN(CCCC)c1cc(C(=O)N(C)CC2CCCCC2)cc(S(N)(=O)=O)c1Oc1ccccc1. The second kappa shape index (κ2) is 13.8. The lowest BCUT2D eigenvalue weighted by Crippen LogP contribution is -2.33. The minimum Gasteiger partial charge on any atom is -0.454 e. The molecule has 3 rings (SSSR count). The number of carbonyl (C=O) groups is 1. The van der Waals surface area contributed by atoms with E-state index in [1.165, 1.54) is 25.3 Å². The molecule has 0 unspecified atom stereocenters. The number of rotatable bonds is 13. The van der Waals surface area contributed by atoms with Crippen molar-refractivity contribution in [1.82, 2.24) is 4.90 Å². The summed E-state index contributed by atoms with van der Waals surface area (Å²) in [5, 5.41) is 5.72. The van der Waals surface area contributed by atoms with E-state index in [1.807, 2.05) is 18.2 Å². The maximum Gasteiger partial charge on any atom is 0.253 e. The number of unbranched alkanes of at least 4 members (excludes halogenated alkanes) is 2. The van der Waals surface area contributed by atoms with Gasteiger partial charge in [0.15, 0.2) is 5.75 Å². The van der Waals surface area contributed by atoms with Crippen molar-refractivity contribution in [3.8, 4) is 11.5 Å². The molecule has 1 amide bonds. The van der Waals surface area contributed by atoms with Gasteiger partial charge in [0.25, 0.3) is 5.91 Å². The molecular formula is C29H43N3O4S. The average molecular weight is 530 g/mol. The topological polar surface area (TPSA) is 92.9 Å². The quantitative estimate of drug-likeness (QED) is 0.334. The molecule has 2 aromatic rings. The van der Waals surface area contributed by atoms with Crippen molar-refractivity contribution in [2.24, 2.45) is 11.1 Å². The van der Waals surface area contributed by atoms with Gasteiger partial charge in [0.1, 0.15) is 10.6 Å². The summed E-state index contributed by atoms with van der Waals surface area (Å²) in [6.07, 6.45) is 9.73. The number of carbonyl (C=O) groups excluding carboxylic acids is 1. The highest BCUT2D eigenvalue weighted by Crippen LogP contribution is 2.40. The fraction of sp³-hybridized carbons (Fsp3) is 0.552. The molecule has 2 aromatic carbocycles. The molecule has 1 saturated carbocycles. The van der Waals surface area contributed by atoms with E-state index >= 15 is 0 Å². The van der Waals surface area contributed by atoms with Crippen molar-refractivity contribution >= 4 is 21.6 Å². The summed E-state index contributed by atoms with van der Waals surface area (Å²) in [4.78, 5) is 17.3. The van der Waals surface area contributed by atoms with Gasteiger partial charge in [-0.3, -0.25) is 4.79 Å². The van der Waals surface area contributed by atoms with E-state index in [4.69, 9.17) is 9.88 Å². The smallest absolute Gasteiger partial charge is 0.253 e. The summed E-state index contributed by atoms with van der Waals surface area (Å²) in [7, 11) is -2.38. The summed E-state index contributed by atoms with van der Waals surface area (Å²) < 4.78 is 31.9. The summed E-state index contributed by atoms with van der Waals surface area (Å²) in [6.45, 7) is 6.35. The Balaban J connectivity index is 2.10. The van der Waals surface area contributed by atoms with E-state index in [2.05, 4.69) is 18.7 Å². The average Bonchev–Trinajstić information content (AvgIpc) is 2.89. The molecule has 2 N–H and O–H groups in total. The minimum atomic E-state index is -4.18. The van der Waals surface area contributed by atoms with Crippen LogP contribution in [0.3, 0.4) is 0 Å². The third-order valence-electron chi connectivity index (χ3n) is 7.06. The third kappa shape index (κ3) is 8.20. The minimum absolute atomic E-state index is 0.165. The Labute approximate surface area is 223 Å². The van der Waals surface area contributed by atoms with Crippen LogP contribution in [-0.2, 0) is 10.0 Å². The molecule has 0 aliphatic heterocycles. The number of hydrogen-bond acceptors (Lipinski definition) is 5. The van der Waals surface area contributed by atoms with Crippen LogP contribution in [0.2, 0.25) is 0 Å². The van der Waals surface area contributed by atoms with E-state index in [0.29, 0.717) is 29.5 Å². The molecule has 1 aliphatic rings. The normalized spacial score (nSPS) is 14.4. The fourth-order valence-corrected chi connectivity index (χ4v) is 5.67. The van der Waals surface area contributed by atoms with Crippen LogP contribution in [0.1, 0.15) is 82.0 Å². The first-order valence-electron chi connectivity index (χ1n) is 13.7. The van der Waals surface area contributed by atoms with Crippen LogP contribution in [0.5, 0.6) is 11.5 Å². The van der Waals surface area contributed by atoms with Crippen molar-refractivity contribution in [2.75, 3.05) is 31.6 Å². The predicted octanol–water partition coefficient (Wildman–Crippen LogP) is 6.19. The molecule has 8 heteroatoms. The van der Waals surface area contributed by atoms with Gasteiger partial charge < -0.3 is 14.5 Å². The molecule has 0 atom stereocenters. The Morgan fingerprint density at radius 1 is 1.00 bits per heavy atom. The number of nitrogens with zero attached hydrogens (tertiary/aromatic N) is 2. The first-order valence-corrected chi connectivity index (χ1v) is 15.2. The first-order chi connectivity index (χ1) is 17.7. The highest BCUT2D eigenvalue weighted by atomic mass is 32.2. The monoisotopic (exact) mass is 529 g/mol. The lowest BCUT2D eigenvalue weighted by molar-refractivity contribution is 0.0760. The van der Waals surface area contributed by atoms with E-state index in [0.717, 1.165) is 51.6 Å². The second-order valence-corrected chi connectivity index (χ2v) is 11.7. The molecule has 0 aromatic heterocycles. The standard InChI is InChI=1S/C29H43N3O4S/c1-4-6-18-32(19-7-5-2)26-20-24(29(33)31(3)22-23-14-10-8-11-15-23)21-27(37(30,34)35)28(26)36-25-16-12-9-13-17-25/h9,12-13,16-17,20-21,23H,4-8,10-11,14-15,18-19,22H2,1-3H3,(H2,30,34,35). The van der Waals surface area contributed by atoms with Crippen molar-refractivity contribution in [1.29, 1.82) is 0 Å². The number of sulfonamides is 1. The van der Waals surface area contributed by atoms with Crippen LogP contribution in [-0.4, -0.2) is 45.9 Å². The van der Waals surface area contributed by atoms with Gasteiger partial charge in [-0.1, -0.05) is 64.2 Å². The zero-order valence-corrected chi connectivity index (χ0v) is 23.4. The molecule has 37 heavy (non-hydrogen) atoms. The van der Waals surface area contributed by atoms with Crippen LogP contribution >= 0.6 is 0 Å². The number of nitrogens with two attached hydrogens (primary N) is 1. The number of benzene rings is 2. The summed E-state index contributed by atoms with van der Waals surface area (Å²) in [5.74, 6) is 0.959. The van der Waals surface area contributed by atoms with Gasteiger partial charge in [-0.15, -0.1) is 0 Å². The molecule has 7 nitrogen and oxygen atoms in total. The van der Waals surface area contributed by atoms with Crippen LogP contribution in [0.4, 0.5) is 5.69 Å². The molecule has 1 aliphatic carbocycles. The largest absolute Gasteiger partial charge is 0.454 e. The molecule has 0 bridgehead atoms. The van der Waals surface area contributed by atoms with Crippen LogP contribution < -0.4 is 14.8 Å². The number of para-hydroxylation sites is 1. The molecule has 0 heterocycles. The number of anilines is 1. The van der Waals surface area contributed by atoms with Crippen LogP contribution in [0.15, 0.2) is 47.4 Å². The van der Waals surface area contributed by atoms with Crippen molar-refractivity contribution < 1.29 is 17.9 Å². The van der Waals surface area contributed by atoms with Gasteiger partial charge in [-0.25, -0.2) is 13.6 Å². The molecular weight excluding hydrogens is 486 g/mol. The lowest BCUT2D eigenvalue weighted by atomic mass is 9.89. The molecule has 1 fully saturated rings. The number of hydrogen-bond donors (Lipinski definition) is 1. The Morgan fingerprint density at radius 2 is 1.62 bits per heavy atom. The lowest BCUT2D eigenvalue weighted by Gasteiger charge is -2.30. The van der Waals surface area contributed by atoms with Crippen molar-refractivity contribution in [3.05, 3.63) is 48.0 Å². The zero-order chi connectivity index (χ0) is 26.8. The zero-order valence-electron chi connectivity index (χ0n) is 22.6. The highest BCUT2D eigenvalue weighted by Gasteiger charge is 2.28. The second-order valence-electron chi connectivity index (χ2n) is 10.2. The number of ether oxygens (including phenoxy) is 1. The predicted molar refractivity (Wildman–Crippen MR) is 150 cm³/mol. The van der Waals surface area contributed by atoms with E-state index < -0.39 is 10.0 Å². The number of amides is 1. The Bertz CT molecular complexity index is 1110. The van der Waals surface area contributed by atoms with Crippen molar-refractivity contribution in [2.45, 2.75) is 76.5 Å². The van der Waals surface area contributed by atoms with Crippen LogP contribution in [0, 0.1) is 5.92 Å². The maximum absolute atomic E-state index is 13.6.